The monoisotopic (exact) mass is 474 g/mol. The number of aliphatic hydroxyl groups is 1. The van der Waals surface area contributed by atoms with Gasteiger partial charge in [0.15, 0.2) is 0 Å². The maximum atomic E-state index is 11.8. The number of allylic oxidation sites excluding steroid dienone is 4. The average molecular weight is 475 g/mol. The van der Waals surface area contributed by atoms with Crippen molar-refractivity contribution in [2.24, 2.45) is 0 Å². The van der Waals surface area contributed by atoms with Gasteiger partial charge in [-0.05, 0) is 57.8 Å². The number of nitrogens with zero attached hydrogens (tertiary/aromatic N) is 1. The van der Waals surface area contributed by atoms with Crippen LogP contribution >= 0.6 is 7.60 Å². The predicted octanol–water partition coefficient (Wildman–Crippen LogP) is 6.93. The normalized spacial score (nSPS) is 15.1. The molecule has 190 valence electrons. The van der Waals surface area contributed by atoms with Crippen LogP contribution in [0.15, 0.2) is 24.3 Å². The van der Waals surface area contributed by atoms with E-state index >= 15 is 0 Å². The number of likely N-dealkylation sites (N-methyl/N-ethyl adjacent to an activating group) is 1. The molecule has 0 aliphatic heterocycles. The van der Waals surface area contributed by atoms with Gasteiger partial charge < -0.3 is 19.4 Å². The summed E-state index contributed by atoms with van der Waals surface area (Å²) in [5, 5.41) is 8.61. The van der Waals surface area contributed by atoms with E-state index in [0.29, 0.717) is 10.9 Å². The highest BCUT2D eigenvalue weighted by atomic mass is 31.2. The van der Waals surface area contributed by atoms with Gasteiger partial charge >= 0.3 is 7.60 Å². The fourth-order valence-electron chi connectivity index (χ4n) is 3.97. The zero-order valence-corrected chi connectivity index (χ0v) is 22.4. The second-order valence-electron chi connectivity index (χ2n) is 10.4. The molecule has 1 unspecified atom stereocenters. The lowest BCUT2D eigenvalue weighted by molar-refractivity contribution is -0.875. The first kappa shape index (κ1) is 31.6. The Labute approximate surface area is 198 Å². The van der Waals surface area contributed by atoms with Gasteiger partial charge in [0.2, 0.25) is 5.34 Å². The van der Waals surface area contributed by atoms with Gasteiger partial charge in [-0.1, -0.05) is 76.2 Å². The zero-order valence-electron chi connectivity index (χ0n) is 21.5. The fourth-order valence-corrected chi connectivity index (χ4v) is 5.03. The van der Waals surface area contributed by atoms with Crippen molar-refractivity contribution in [1.82, 2.24) is 0 Å². The van der Waals surface area contributed by atoms with Crippen LogP contribution in [-0.2, 0) is 4.57 Å². The van der Waals surface area contributed by atoms with Crippen molar-refractivity contribution in [2.75, 3.05) is 27.7 Å². The van der Waals surface area contributed by atoms with Crippen LogP contribution < -0.4 is 0 Å². The van der Waals surface area contributed by atoms with Crippen molar-refractivity contribution in [1.29, 1.82) is 0 Å². The molecule has 0 aromatic carbocycles. The summed E-state index contributed by atoms with van der Waals surface area (Å²) in [6, 6.07) is 0. The average Bonchev–Trinajstić information content (AvgIpc) is 2.67. The molecule has 0 aromatic rings. The Bertz CT molecular complexity index is 551. The molecule has 0 aromatic heterocycles. The Morgan fingerprint density at radius 2 is 1.06 bits per heavy atom. The Morgan fingerprint density at radius 1 is 0.688 bits per heavy atom. The maximum absolute atomic E-state index is 11.8. The molecule has 0 amide bonds. The van der Waals surface area contributed by atoms with E-state index in [1.54, 1.807) is 0 Å². The molecule has 32 heavy (non-hydrogen) atoms. The Hall–Kier alpha value is -0.450. The summed E-state index contributed by atoms with van der Waals surface area (Å²) >= 11 is 0. The van der Waals surface area contributed by atoms with Gasteiger partial charge in [-0.2, -0.15) is 0 Å². The molecule has 0 heterocycles. The molecule has 0 bridgehead atoms. The molecule has 5 nitrogen and oxygen atoms in total. The summed E-state index contributed by atoms with van der Waals surface area (Å²) in [7, 11) is 0.944. The molecule has 6 heteroatoms. The summed E-state index contributed by atoms with van der Waals surface area (Å²) in [4.78, 5) is 19.2. The van der Waals surface area contributed by atoms with Crippen molar-refractivity contribution < 1.29 is 23.9 Å². The van der Waals surface area contributed by atoms with Crippen molar-refractivity contribution in [3.63, 3.8) is 0 Å². The smallest absolute Gasteiger partial charge is 0.362 e. The zero-order chi connectivity index (χ0) is 24.3. The van der Waals surface area contributed by atoms with Crippen LogP contribution in [0.4, 0.5) is 0 Å². The second kappa shape index (κ2) is 18.0. The van der Waals surface area contributed by atoms with Crippen LogP contribution in [-0.4, -0.2) is 52.4 Å². The molecule has 0 saturated carbocycles. The van der Waals surface area contributed by atoms with E-state index in [1.165, 1.54) is 64.2 Å². The van der Waals surface area contributed by atoms with E-state index in [1.807, 2.05) is 21.1 Å². The fraction of sp³-hybridized carbons (Fsp3) is 0.846. The Kier molecular flexibility index (Phi) is 17.7. The molecule has 0 saturated heterocycles. The van der Waals surface area contributed by atoms with Crippen LogP contribution in [0.1, 0.15) is 110 Å². The highest BCUT2D eigenvalue weighted by Gasteiger charge is 2.48. The summed E-state index contributed by atoms with van der Waals surface area (Å²) in [5.41, 5.74) is 0. The van der Waals surface area contributed by atoms with E-state index < -0.39 is 12.9 Å². The van der Waals surface area contributed by atoms with Gasteiger partial charge in [0.25, 0.3) is 0 Å². The molecular weight excluding hydrogens is 421 g/mol. The molecule has 0 radical (unpaired) electrons. The first-order valence-corrected chi connectivity index (χ1v) is 14.5. The van der Waals surface area contributed by atoms with Crippen molar-refractivity contribution in [3.8, 4) is 0 Å². The quantitative estimate of drug-likeness (QED) is 0.0729. The highest BCUT2D eigenvalue weighted by Crippen LogP contribution is 2.52. The largest absolute Gasteiger partial charge is 0.373 e. The van der Waals surface area contributed by atoms with E-state index in [9.17, 15) is 19.5 Å². The van der Waals surface area contributed by atoms with Gasteiger partial charge in [0.05, 0.1) is 21.1 Å². The topological polar surface area (TPSA) is 77.8 Å². The number of unbranched alkanes of at least 4 members (excludes halogenated alkanes) is 12. The molecule has 1 atom stereocenters. The molecule has 0 fully saturated rings. The Morgan fingerprint density at radius 3 is 1.44 bits per heavy atom. The van der Waals surface area contributed by atoms with E-state index in [2.05, 4.69) is 31.2 Å². The number of rotatable bonds is 21. The minimum atomic E-state index is -4.55. The van der Waals surface area contributed by atoms with Crippen molar-refractivity contribution in [2.45, 2.75) is 115 Å². The van der Waals surface area contributed by atoms with Crippen molar-refractivity contribution in [3.05, 3.63) is 24.3 Å². The number of hydrogen-bond donors (Lipinski definition) is 3. The third kappa shape index (κ3) is 18.0. The third-order valence-electron chi connectivity index (χ3n) is 5.75. The van der Waals surface area contributed by atoms with E-state index in [-0.39, 0.29) is 13.0 Å². The number of hydrogen-bond acceptors (Lipinski definition) is 2. The van der Waals surface area contributed by atoms with Crippen LogP contribution in [0.5, 0.6) is 0 Å². The molecule has 0 rings (SSSR count). The molecular formula is C26H53NO4P+. The molecule has 0 aliphatic rings. The molecule has 3 N–H and O–H groups in total. The van der Waals surface area contributed by atoms with Gasteiger partial charge in [0, 0.05) is 0 Å². The Balaban J connectivity index is 3.66. The second-order valence-corrected chi connectivity index (χ2v) is 12.3. The standard InChI is InChI=1S/C26H52NO4P/c1-5-6-7-8-9-10-11-12-13-14-15-16-17-18-19-20-21-22-23-24-26(28,32(29,30)31)25-27(2,3)4/h7-8,18-19,28H,5-6,9-17,20-25H2,1-4H3,(H-,29,30,31)/p+1/b8-7-,19-18-. The summed E-state index contributed by atoms with van der Waals surface area (Å²) in [6.07, 6.45) is 27.0. The minimum Gasteiger partial charge on any atom is -0.373 e. The van der Waals surface area contributed by atoms with Crippen LogP contribution in [0, 0.1) is 0 Å². The van der Waals surface area contributed by atoms with Gasteiger partial charge in [-0.25, -0.2) is 0 Å². The highest BCUT2D eigenvalue weighted by molar-refractivity contribution is 7.53. The first-order chi connectivity index (χ1) is 15.0. The van der Waals surface area contributed by atoms with Gasteiger partial charge in [-0.15, -0.1) is 0 Å². The maximum Gasteiger partial charge on any atom is 0.362 e. The first-order valence-electron chi connectivity index (χ1n) is 12.9. The summed E-state index contributed by atoms with van der Waals surface area (Å²) in [6.45, 7) is 2.27. The lowest BCUT2D eigenvalue weighted by Crippen LogP contribution is -2.49. The van der Waals surface area contributed by atoms with E-state index in [4.69, 9.17) is 0 Å². The molecule has 0 spiro atoms. The number of quaternary nitrogens is 1. The van der Waals surface area contributed by atoms with Crippen LogP contribution in [0.3, 0.4) is 0 Å². The van der Waals surface area contributed by atoms with Crippen molar-refractivity contribution >= 4 is 7.60 Å². The lowest BCUT2D eigenvalue weighted by Gasteiger charge is -2.35. The SMILES string of the molecule is CCC/C=C\CCCCCCCCC/C=C\CCCCCC(O)(C[N+](C)(C)C)P(=O)(O)O. The lowest BCUT2D eigenvalue weighted by atomic mass is 10.1. The van der Waals surface area contributed by atoms with Gasteiger partial charge in [0.1, 0.15) is 6.54 Å². The summed E-state index contributed by atoms with van der Waals surface area (Å²) < 4.78 is 12.1. The summed E-state index contributed by atoms with van der Waals surface area (Å²) in [5.74, 6) is 0. The van der Waals surface area contributed by atoms with E-state index in [0.717, 1.165) is 25.7 Å². The minimum absolute atomic E-state index is 0.0492. The van der Waals surface area contributed by atoms with Gasteiger partial charge in [-0.3, -0.25) is 4.57 Å². The third-order valence-corrected chi connectivity index (χ3v) is 7.20. The van der Waals surface area contributed by atoms with Crippen LogP contribution in [0.2, 0.25) is 0 Å². The molecule has 0 aliphatic carbocycles. The predicted molar refractivity (Wildman–Crippen MR) is 138 cm³/mol. The van der Waals surface area contributed by atoms with Crippen LogP contribution in [0.25, 0.3) is 0 Å².